The van der Waals surface area contributed by atoms with Crippen molar-refractivity contribution in [1.29, 1.82) is 0 Å². The van der Waals surface area contributed by atoms with Gasteiger partial charge in [0.25, 0.3) is 0 Å². The van der Waals surface area contributed by atoms with Crippen molar-refractivity contribution in [2.75, 3.05) is 6.61 Å². The Hall–Kier alpha value is -1.90. The van der Waals surface area contributed by atoms with Crippen molar-refractivity contribution in [1.82, 2.24) is 9.80 Å². The normalized spacial score (nSPS) is 34.4. The van der Waals surface area contributed by atoms with Crippen molar-refractivity contribution in [3.63, 3.8) is 0 Å². The third-order valence-corrected chi connectivity index (χ3v) is 6.40. The van der Waals surface area contributed by atoms with Gasteiger partial charge in [-0.15, -0.1) is 0 Å². The first-order chi connectivity index (χ1) is 13.6. The lowest BCUT2D eigenvalue weighted by molar-refractivity contribution is -0.139. The zero-order valence-corrected chi connectivity index (χ0v) is 17.6. The first-order valence-electron chi connectivity index (χ1n) is 10.3. The van der Waals surface area contributed by atoms with Gasteiger partial charge in [0.1, 0.15) is 18.1 Å². The Morgan fingerprint density at radius 3 is 2.52 bits per heavy atom. The van der Waals surface area contributed by atoms with Crippen LogP contribution >= 0.6 is 0 Å². The summed E-state index contributed by atoms with van der Waals surface area (Å²) in [5, 5.41) is 0. The number of Topliss-reactive ketones (excluding diaryl/α,β-unsaturated/α-hetero) is 1. The maximum absolute atomic E-state index is 13.2. The molecule has 0 N–H and O–H groups in total. The number of imide groups is 1. The van der Waals surface area contributed by atoms with Crippen LogP contribution in [0.1, 0.15) is 59.8 Å². The largest absolute Gasteiger partial charge is 0.447 e. The second kappa shape index (κ2) is 8.09. The van der Waals surface area contributed by atoms with Gasteiger partial charge in [-0.05, 0) is 46.0 Å². The highest BCUT2D eigenvalue weighted by Crippen LogP contribution is 2.41. The van der Waals surface area contributed by atoms with Crippen molar-refractivity contribution in [3.05, 3.63) is 0 Å². The zero-order chi connectivity index (χ0) is 21.5. The van der Waals surface area contributed by atoms with E-state index in [-0.39, 0.29) is 48.8 Å². The lowest BCUT2D eigenvalue weighted by Gasteiger charge is -2.35. The molecule has 3 amide bonds. The molecule has 0 aromatic heterocycles. The molecule has 29 heavy (non-hydrogen) atoms. The summed E-state index contributed by atoms with van der Waals surface area (Å²) in [6.45, 7) is 7.49. The molecule has 0 aromatic rings. The average molecular weight is 404 g/mol. The van der Waals surface area contributed by atoms with E-state index in [1.54, 1.807) is 25.7 Å². The number of rotatable bonds is 4. The van der Waals surface area contributed by atoms with Gasteiger partial charge in [0.15, 0.2) is 5.81 Å². The fourth-order valence-corrected chi connectivity index (χ4v) is 5.11. The number of cyclic esters (lactones) is 1. The highest BCUT2D eigenvalue weighted by atomic mass is 16.6. The summed E-state index contributed by atoms with van der Waals surface area (Å²) < 4.78 is 11.2. The van der Waals surface area contributed by atoms with Gasteiger partial charge in [-0.1, -0.05) is 6.92 Å². The van der Waals surface area contributed by atoms with Gasteiger partial charge < -0.3 is 14.4 Å². The van der Waals surface area contributed by atoms with E-state index in [0.29, 0.717) is 25.7 Å². The summed E-state index contributed by atoms with van der Waals surface area (Å²) in [5.74, 6) is -1.44. The van der Waals surface area contributed by atoms with E-state index in [4.69, 9.17) is 17.3 Å². The number of amides is 3. The van der Waals surface area contributed by atoms with E-state index in [2.05, 4.69) is 0 Å². The molecule has 158 valence electrons. The third-order valence-electron chi connectivity index (χ3n) is 6.40. The Bertz CT molecular complexity index is 711. The molecule has 3 aliphatic rings. The molecule has 1 aliphatic carbocycles. The minimum atomic E-state index is -0.859. The van der Waals surface area contributed by atoms with Gasteiger partial charge >= 0.3 is 6.09 Å². The summed E-state index contributed by atoms with van der Waals surface area (Å²) in [6, 6.07) is -0.547. The maximum Gasteiger partial charge on any atom is 0.416 e. The molecule has 5 atom stereocenters. The molecule has 3 unspecified atom stereocenters. The Kier molecular flexibility index (Phi) is 6.08. The third kappa shape index (κ3) is 4.06. The summed E-state index contributed by atoms with van der Waals surface area (Å²) in [4.78, 5) is 52.1. The van der Waals surface area contributed by atoms with Crippen LogP contribution in [0, 0.1) is 11.8 Å². The summed E-state index contributed by atoms with van der Waals surface area (Å²) in [5.41, 5.74) is -0.859. The van der Waals surface area contributed by atoms with Crippen LogP contribution in [0.4, 0.5) is 9.59 Å². The smallest absolute Gasteiger partial charge is 0.416 e. The molecule has 0 spiro atoms. The number of ether oxygens (including phenoxy) is 2. The van der Waals surface area contributed by atoms with Gasteiger partial charge in [0.05, 0.1) is 18.2 Å². The van der Waals surface area contributed by atoms with Gasteiger partial charge in [0, 0.05) is 18.8 Å². The molecule has 9 heteroatoms. The molecule has 1 saturated carbocycles. The van der Waals surface area contributed by atoms with Crippen molar-refractivity contribution in [2.45, 2.75) is 83.7 Å². The lowest BCUT2D eigenvalue weighted by Crippen LogP contribution is -2.48. The number of hydrogen-bond acceptors (Lipinski definition) is 6. The molecule has 3 rings (SSSR count). The van der Waals surface area contributed by atoms with Gasteiger partial charge in [-0.2, -0.15) is 0 Å². The molecule has 0 aromatic carbocycles. The predicted octanol–water partition coefficient (Wildman–Crippen LogP) is 2.23. The maximum atomic E-state index is 13.2. The number of carbonyl (C=O) groups is 4. The van der Waals surface area contributed by atoms with Crippen LogP contribution in [0.15, 0.2) is 0 Å². The summed E-state index contributed by atoms with van der Waals surface area (Å²) in [6.07, 6.45) is 1.13. The number of nitrogens with zero attached hydrogens (tertiary/aromatic N) is 2. The van der Waals surface area contributed by atoms with E-state index in [1.807, 2.05) is 6.92 Å². The molecular formula is C20H29BN2O6. The van der Waals surface area contributed by atoms with Crippen LogP contribution in [0.5, 0.6) is 0 Å². The fraction of sp³-hybridized carbons (Fsp3) is 0.800. The van der Waals surface area contributed by atoms with Crippen LogP contribution < -0.4 is 0 Å². The molecule has 3 fully saturated rings. The van der Waals surface area contributed by atoms with Crippen molar-refractivity contribution in [3.8, 4) is 0 Å². The van der Waals surface area contributed by atoms with Crippen molar-refractivity contribution < 1.29 is 28.7 Å². The minimum absolute atomic E-state index is 0.105. The SMILES string of the molecule is [B]C(=O)N1[C@@H](CC)[C@@H](CC2CC(=O)CCC2C(=O)N2C(=O)OCC2C)OC1(C)C. The first-order valence-corrected chi connectivity index (χ1v) is 10.3. The van der Waals surface area contributed by atoms with E-state index in [1.165, 1.54) is 4.90 Å². The lowest BCUT2D eigenvalue weighted by atomic mass is 9.74. The van der Waals surface area contributed by atoms with E-state index in [9.17, 15) is 19.2 Å². The van der Waals surface area contributed by atoms with E-state index >= 15 is 0 Å². The van der Waals surface area contributed by atoms with E-state index in [0.717, 1.165) is 0 Å². The van der Waals surface area contributed by atoms with E-state index < -0.39 is 23.5 Å². The first kappa shape index (κ1) is 21.8. The van der Waals surface area contributed by atoms with Crippen LogP contribution in [0.3, 0.4) is 0 Å². The second-order valence-corrected chi connectivity index (χ2v) is 8.80. The monoisotopic (exact) mass is 404 g/mol. The molecule has 2 radical (unpaired) electrons. The zero-order valence-electron chi connectivity index (χ0n) is 17.6. The quantitative estimate of drug-likeness (QED) is 0.668. The number of ketones is 1. The van der Waals surface area contributed by atoms with Gasteiger partial charge in [-0.3, -0.25) is 14.4 Å². The predicted molar refractivity (Wildman–Crippen MR) is 104 cm³/mol. The number of hydrogen-bond donors (Lipinski definition) is 0. The fourth-order valence-electron chi connectivity index (χ4n) is 5.11. The molecular weight excluding hydrogens is 375 g/mol. The molecule has 8 nitrogen and oxygen atoms in total. The summed E-state index contributed by atoms with van der Waals surface area (Å²) in [7, 11) is 5.59. The Balaban J connectivity index is 1.81. The van der Waals surface area contributed by atoms with Crippen molar-refractivity contribution in [2.24, 2.45) is 11.8 Å². The van der Waals surface area contributed by atoms with Crippen LogP contribution in [-0.2, 0) is 19.1 Å². The second-order valence-electron chi connectivity index (χ2n) is 8.80. The highest BCUT2D eigenvalue weighted by Gasteiger charge is 2.50. The standard InChI is InChI=1S/C20H29BN2O6/c1-5-15-16(29-20(3,4)23(15)18(21)26)9-12-8-13(24)6-7-14(12)17(25)22-11(2)10-28-19(22)27/h11-12,14-16H,5-10H2,1-4H3/t11?,12?,14?,15-,16+/m0/s1. The Morgan fingerprint density at radius 1 is 1.28 bits per heavy atom. The topological polar surface area (TPSA) is 93.2 Å². The Morgan fingerprint density at radius 2 is 1.97 bits per heavy atom. The van der Waals surface area contributed by atoms with Gasteiger partial charge in [0.2, 0.25) is 13.8 Å². The van der Waals surface area contributed by atoms with Gasteiger partial charge in [-0.25, -0.2) is 9.69 Å². The van der Waals surface area contributed by atoms with Crippen molar-refractivity contribution >= 4 is 31.4 Å². The molecule has 2 heterocycles. The highest BCUT2D eigenvalue weighted by molar-refractivity contribution is 6.57. The minimum Gasteiger partial charge on any atom is -0.447 e. The molecule has 2 aliphatic heterocycles. The van der Waals surface area contributed by atoms with Crippen LogP contribution in [0.25, 0.3) is 0 Å². The summed E-state index contributed by atoms with van der Waals surface area (Å²) >= 11 is 0. The van der Waals surface area contributed by atoms with Crippen LogP contribution in [-0.4, -0.2) is 71.8 Å². The Labute approximate surface area is 172 Å². The molecule has 0 bridgehead atoms. The molecule has 2 saturated heterocycles. The number of carbonyl (C=O) groups excluding carboxylic acids is 4. The van der Waals surface area contributed by atoms with Crippen LogP contribution in [0.2, 0.25) is 0 Å². The average Bonchev–Trinajstić information content (AvgIpc) is 3.09.